The Morgan fingerprint density at radius 2 is 2.21 bits per heavy atom. The van der Waals surface area contributed by atoms with Gasteiger partial charge in [0.05, 0.1) is 16.4 Å². The number of ether oxygens (including phenoxy) is 1. The summed E-state index contributed by atoms with van der Waals surface area (Å²) in [7, 11) is -3.06. The van der Waals surface area contributed by atoms with Crippen molar-refractivity contribution in [1.82, 2.24) is 10.3 Å². The number of hydrogen-bond donors (Lipinski definition) is 1. The average molecular weight is 386 g/mol. The molecule has 0 saturated carbocycles. The summed E-state index contributed by atoms with van der Waals surface area (Å²) in [6, 6.07) is 3.39. The first-order valence-electron chi connectivity index (χ1n) is 7.09. The predicted molar refractivity (Wildman–Crippen MR) is 90.9 cm³/mol. The third-order valence-corrected chi connectivity index (χ3v) is 7.03. The molecule has 1 aliphatic rings. The van der Waals surface area contributed by atoms with Crippen LogP contribution in [-0.4, -0.2) is 49.4 Å². The summed E-state index contributed by atoms with van der Waals surface area (Å²) in [5.74, 6) is -1.19. The summed E-state index contributed by atoms with van der Waals surface area (Å²) in [6.45, 7) is -0.457. The SMILES string of the molecule is O=C(COC(=O)c1csc(-c2cccs2)n1)N[C@H]1CCS(=O)(=O)C1. The zero-order valence-electron chi connectivity index (χ0n) is 12.4. The molecule has 0 unspecified atom stereocenters. The smallest absolute Gasteiger partial charge is 0.358 e. The summed E-state index contributed by atoms with van der Waals surface area (Å²) >= 11 is 2.85. The molecule has 24 heavy (non-hydrogen) atoms. The third-order valence-electron chi connectivity index (χ3n) is 3.38. The van der Waals surface area contributed by atoms with Gasteiger partial charge in [-0.2, -0.15) is 0 Å². The van der Waals surface area contributed by atoms with E-state index in [1.165, 1.54) is 22.7 Å². The van der Waals surface area contributed by atoms with E-state index in [9.17, 15) is 18.0 Å². The Morgan fingerprint density at radius 1 is 1.38 bits per heavy atom. The van der Waals surface area contributed by atoms with E-state index in [4.69, 9.17) is 4.74 Å². The third kappa shape index (κ3) is 4.19. The Labute approximate surface area is 146 Å². The number of sulfone groups is 1. The number of nitrogens with one attached hydrogen (secondary N) is 1. The molecule has 0 radical (unpaired) electrons. The summed E-state index contributed by atoms with van der Waals surface area (Å²) in [6.07, 6.45) is 0.387. The average Bonchev–Trinajstić information content (AvgIpc) is 3.24. The minimum atomic E-state index is -3.06. The second-order valence-electron chi connectivity index (χ2n) is 5.26. The van der Waals surface area contributed by atoms with Gasteiger partial charge in [-0.3, -0.25) is 4.79 Å². The molecule has 2 aromatic heterocycles. The number of rotatable bonds is 5. The minimum Gasteiger partial charge on any atom is -0.451 e. The van der Waals surface area contributed by atoms with Crippen molar-refractivity contribution in [3.8, 4) is 9.88 Å². The van der Waals surface area contributed by atoms with Gasteiger partial charge in [0, 0.05) is 11.4 Å². The van der Waals surface area contributed by atoms with Crippen LogP contribution in [0.15, 0.2) is 22.9 Å². The predicted octanol–water partition coefficient (Wildman–Crippen LogP) is 1.33. The van der Waals surface area contributed by atoms with Gasteiger partial charge in [0.2, 0.25) is 0 Å². The van der Waals surface area contributed by atoms with Crippen molar-refractivity contribution < 1.29 is 22.7 Å². The van der Waals surface area contributed by atoms with Crippen molar-refractivity contribution >= 4 is 44.4 Å². The molecule has 2 aromatic rings. The largest absolute Gasteiger partial charge is 0.451 e. The first-order valence-corrected chi connectivity index (χ1v) is 10.7. The van der Waals surface area contributed by atoms with Crippen molar-refractivity contribution in [1.29, 1.82) is 0 Å². The first-order chi connectivity index (χ1) is 11.4. The lowest BCUT2D eigenvalue weighted by atomic mass is 10.2. The Balaban J connectivity index is 1.50. The van der Waals surface area contributed by atoms with Crippen LogP contribution in [-0.2, 0) is 19.4 Å². The molecule has 0 bridgehead atoms. The normalized spacial score (nSPS) is 19.1. The summed E-state index contributed by atoms with van der Waals surface area (Å²) in [5, 5.41) is 6.78. The quantitative estimate of drug-likeness (QED) is 0.778. The number of esters is 1. The van der Waals surface area contributed by atoms with E-state index in [1.54, 1.807) is 5.38 Å². The summed E-state index contributed by atoms with van der Waals surface area (Å²) in [4.78, 5) is 28.8. The zero-order chi connectivity index (χ0) is 17.2. The lowest BCUT2D eigenvalue weighted by molar-refractivity contribution is -0.124. The van der Waals surface area contributed by atoms with Crippen LogP contribution in [0.5, 0.6) is 0 Å². The monoisotopic (exact) mass is 386 g/mol. The van der Waals surface area contributed by atoms with E-state index < -0.39 is 34.4 Å². The fraction of sp³-hybridized carbons (Fsp3) is 0.357. The number of amides is 1. The van der Waals surface area contributed by atoms with Crippen LogP contribution in [0.2, 0.25) is 0 Å². The van der Waals surface area contributed by atoms with Crippen molar-refractivity contribution in [3.05, 3.63) is 28.6 Å². The number of aromatic nitrogens is 1. The van der Waals surface area contributed by atoms with Crippen molar-refractivity contribution in [2.75, 3.05) is 18.1 Å². The van der Waals surface area contributed by atoms with Crippen LogP contribution < -0.4 is 5.32 Å². The highest BCUT2D eigenvalue weighted by Gasteiger charge is 2.29. The van der Waals surface area contributed by atoms with Gasteiger partial charge in [-0.1, -0.05) is 6.07 Å². The molecule has 3 rings (SSSR count). The molecular formula is C14H14N2O5S3. The topological polar surface area (TPSA) is 102 Å². The van der Waals surface area contributed by atoms with Crippen LogP contribution in [0.1, 0.15) is 16.9 Å². The maximum atomic E-state index is 11.9. The molecule has 0 aliphatic carbocycles. The number of carbonyl (C=O) groups is 2. The molecule has 7 nitrogen and oxygen atoms in total. The molecule has 1 N–H and O–H groups in total. The molecule has 128 valence electrons. The van der Waals surface area contributed by atoms with Gasteiger partial charge in [0.15, 0.2) is 22.1 Å². The molecule has 10 heteroatoms. The van der Waals surface area contributed by atoms with Crippen LogP contribution in [0.3, 0.4) is 0 Å². The van der Waals surface area contributed by atoms with E-state index in [0.29, 0.717) is 6.42 Å². The summed E-state index contributed by atoms with van der Waals surface area (Å²) in [5.41, 5.74) is 0.152. The second kappa shape index (κ2) is 6.99. The highest BCUT2D eigenvalue weighted by Crippen LogP contribution is 2.27. The highest BCUT2D eigenvalue weighted by molar-refractivity contribution is 7.91. The van der Waals surface area contributed by atoms with Crippen LogP contribution >= 0.6 is 22.7 Å². The van der Waals surface area contributed by atoms with Gasteiger partial charge in [-0.15, -0.1) is 22.7 Å². The number of thiophene rings is 1. The number of thiazole rings is 1. The van der Waals surface area contributed by atoms with Gasteiger partial charge in [0.1, 0.15) is 5.01 Å². The molecule has 0 spiro atoms. The molecule has 0 aromatic carbocycles. The molecule has 1 atom stereocenters. The first kappa shape index (κ1) is 17.1. The molecular weight excluding hydrogens is 372 g/mol. The highest BCUT2D eigenvalue weighted by atomic mass is 32.2. The van der Waals surface area contributed by atoms with Crippen LogP contribution in [0.25, 0.3) is 9.88 Å². The van der Waals surface area contributed by atoms with E-state index in [-0.39, 0.29) is 17.2 Å². The lowest BCUT2D eigenvalue weighted by Gasteiger charge is -2.10. The van der Waals surface area contributed by atoms with Gasteiger partial charge in [0.25, 0.3) is 5.91 Å². The molecule has 1 fully saturated rings. The lowest BCUT2D eigenvalue weighted by Crippen LogP contribution is -2.38. The Hall–Kier alpha value is -1.78. The van der Waals surface area contributed by atoms with Crippen LogP contribution in [0, 0.1) is 0 Å². The Morgan fingerprint density at radius 3 is 2.88 bits per heavy atom. The maximum Gasteiger partial charge on any atom is 0.358 e. The number of hydrogen-bond acceptors (Lipinski definition) is 8. The van der Waals surface area contributed by atoms with Gasteiger partial charge in [-0.25, -0.2) is 18.2 Å². The summed E-state index contributed by atoms with van der Waals surface area (Å²) < 4.78 is 27.6. The van der Waals surface area contributed by atoms with Crippen molar-refractivity contribution in [3.63, 3.8) is 0 Å². The molecule has 1 saturated heterocycles. The minimum absolute atomic E-state index is 0.0665. The Kier molecular flexibility index (Phi) is 4.97. The molecule has 1 amide bonds. The van der Waals surface area contributed by atoms with E-state index in [1.807, 2.05) is 17.5 Å². The molecule has 3 heterocycles. The van der Waals surface area contributed by atoms with E-state index in [0.717, 1.165) is 9.88 Å². The van der Waals surface area contributed by atoms with E-state index >= 15 is 0 Å². The van der Waals surface area contributed by atoms with E-state index in [2.05, 4.69) is 10.3 Å². The fourth-order valence-electron chi connectivity index (χ4n) is 2.26. The standard InChI is InChI=1S/C14H14N2O5S3/c17-12(15-9-3-5-24(19,20)8-9)6-21-14(18)10-7-23-13(16-10)11-2-1-4-22-11/h1-2,4,7,9H,3,5-6,8H2,(H,15,17)/t9-/m0/s1. The molecule has 1 aliphatic heterocycles. The second-order valence-corrected chi connectivity index (χ2v) is 9.29. The fourth-order valence-corrected chi connectivity index (χ4v) is 5.54. The van der Waals surface area contributed by atoms with Crippen molar-refractivity contribution in [2.24, 2.45) is 0 Å². The number of nitrogens with zero attached hydrogens (tertiary/aromatic N) is 1. The van der Waals surface area contributed by atoms with Crippen LogP contribution in [0.4, 0.5) is 0 Å². The van der Waals surface area contributed by atoms with Crippen molar-refractivity contribution in [2.45, 2.75) is 12.5 Å². The maximum absolute atomic E-state index is 11.9. The van der Waals surface area contributed by atoms with Gasteiger partial charge < -0.3 is 10.1 Å². The zero-order valence-corrected chi connectivity index (χ0v) is 14.9. The Bertz CT molecular complexity index is 842. The van der Waals surface area contributed by atoms with Gasteiger partial charge >= 0.3 is 5.97 Å². The number of carbonyl (C=O) groups excluding carboxylic acids is 2. The van der Waals surface area contributed by atoms with Gasteiger partial charge in [-0.05, 0) is 17.9 Å².